The monoisotopic (exact) mass is 196 g/mol. The first-order valence-corrected chi connectivity index (χ1v) is 2.44. The quantitative estimate of drug-likeness (QED) is 0.398. The van der Waals surface area contributed by atoms with Gasteiger partial charge >= 0.3 is 5.97 Å². The summed E-state index contributed by atoms with van der Waals surface area (Å²) in [5.41, 5.74) is 9.81. The van der Waals surface area contributed by atoms with Gasteiger partial charge in [-0.1, -0.05) is 6.58 Å². The van der Waals surface area contributed by atoms with E-state index in [4.69, 9.17) is 16.6 Å². The van der Waals surface area contributed by atoms with Gasteiger partial charge in [0.05, 0.1) is 0 Å². The molecule has 0 aromatic rings. The van der Waals surface area contributed by atoms with Gasteiger partial charge in [-0.15, -0.1) is 0 Å². The molecule has 0 rings (SSSR count). The van der Waals surface area contributed by atoms with E-state index in [0.717, 1.165) is 6.08 Å². The minimum absolute atomic E-state index is 0. The van der Waals surface area contributed by atoms with Gasteiger partial charge in [-0.05, 0) is 0 Å². The Hall–Kier alpha value is -0.247. The van der Waals surface area contributed by atoms with Gasteiger partial charge in [0.2, 0.25) is 0 Å². The van der Waals surface area contributed by atoms with Crippen LogP contribution in [0.25, 0.3) is 0 Å². The van der Waals surface area contributed by atoms with Crippen LogP contribution < -0.4 is 11.5 Å². The average molecular weight is 198 g/mol. The molecule has 0 fully saturated rings. The van der Waals surface area contributed by atoms with Gasteiger partial charge < -0.3 is 16.6 Å². The molecule has 0 saturated heterocycles. The zero-order chi connectivity index (χ0) is 7.70. The Labute approximate surface area is 73.0 Å². The molecule has 0 amide bonds. The smallest absolute Gasteiger partial charge is 0.327 e. The first-order valence-electron chi connectivity index (χ1n) is 2.44. The van der Waals surface area contributed by atoms with Crippen LogP contribution >= 0.6 is 0 Å². The SMILES string of the molecule is C=CC(=O)O.NCCN.[Zn]. The first-order chi connectivity index (χ1) is 4.18. The molecule has 56 valence electrons. The van der Waals surface area contributed by atoms with Crippen LogP contribution in [0.2, 0.25) is 0 Å². The van der Waals surface area contributed by atoms with Crippen LogP contribution in [0.3, 0.4) is 0 Å². The van der Waals surface area contributed by atoms with E-state index in [1.165, 1.54) is 0 Å². The Balaban J connectivity index is -0.0000000910. The Bertz CT molecular complexity index is 85.7. The van der Waals surface area contributed by atoms with E-state index in [9.17, 15) is 4.79 Å². The topological polar surface area (TPSA) is 89.3 Å². The van der Waals surface area contributed by atoms with E-state index in [2.05, 4.69) is 6.58 Å². The van der Waals surface area contributed by atoms with Crippen molar-refractivity contribution in [2.24, 2.45) is 11.5 Å². The molecular formula is C5H12N2O2Zn. The fraction of sp³-hybridized carbons (Fsp3) is 0.400. The Morgan fingerprint density at radius 2 is 1.70 bits per heavy atom. The number of hydrogen-bond donors (Lipinski definition) is 3. The third-order valence-corrected chi connectivity index (χ3v) is 0.341. The summed E-state index contributed by atoms with van der Waals surface area (Å²) in [6.07, 6.45) is 0.833. The van der Waals surface area contributed by atoms with Gasteiger partial charge in [-0.2, -0.15) is 0 Å². The largest absolute Gasteiger partial charge is 0.478 e. The summed E-state index contributed by atoms with van der Waals surface area (Å²) in [5, 5.41) is 7.60. The predicted octanol–water partition coefficient (Wildman–Crippen LogP) is -0.842. The summed E-state index contributed by atoms with van der Waals surface area (Å²) in [4.78, 5) is 9.25. The summed E-state index contributed by atoms with van der Waals surface area (Å²) < 4.78 is 0. The standard InChI is InChI=1S/C3H4O2.C2H8N2.Zn/c1-2-3(4)5;3-1-2-4;/h2H,1H2,(H,4,5);1-4H2;. The predicted molar refractivity (Wildman–Crippen MR) is 35.9 cm³/mol. The van der Waals surface area contributed by atoms with Crippen molar-refractivity contribution < 1.29 is 29.4 Å². The van der Waals surface area contributed by atoms with Crippen molar-refractivity contribution >= 4 is 5.97 Å². The fourth-order valence-electron chi connectivity index (χ4n) is 0. The van der Waals surface area contributed by atoms with E-state index >= 15 is 0 Å². The first kappa shape index (κ1) is 16.4. The van der Waals surface area contributed by atoms with E-state index in [1.807, 2.05) is 0 Å². The molecule has 0 heterocycles. The second-order valence-electron chi connectivity index (χ2n) is 1.12. The Morgan fingerprint density at radius 1 is 1.50 bits per heavy atom. The molecule has 5 N–H and O–H groups in total. The molecule has 0 spiro atoms. The van der Waals surface area contributed by atoms with Crippen LogP contribution in [0.5, 0.6) is 0 Å². The normalized spacial score (nSPS) is 6.20. The molecule has 0 radical (unpaired) electrons. The fourth-order valence-corrected chi connectivity index (χ4v) is 0. The number of nitrogens with two attached hydrogens (primary N) is 2. The number of carboxylic acid groups (broad SMARTS) is 1. The minimum atomic E-state index is -0.981. The molecule has 0 aromatic carbocycles. The average Bonchev–Trinajstić information content (AvgIpc) is 1.89. The molecule has 0 bridgehead atoms. The van der Waals surface area contributed by atoms with Crippen molar-refractivity contribution in [3.8, 4) is 0 Å². The van der Waals surface area contributed by atoms with Crippen LogP contribution in [0.1, 0.15) is 0 Å². The molecule has 0 atom stereocenters. The number of aliphatic carboxylic acids is 1. The second-order valence-corrected chi connectivity index (χ2v) is 1.12. The van der Waals surface area contributed by atoms with Crippen LogP contribution in [0, 0.1) is 0 Å². The molecule has 10 heavy (non-hydrogen) atoms. The van der Waals surface area contributed by atoms with Crippen LogP contribution in [0.15, 0.2) is 12.7 Å². The van der Waals surface area contributed by atoms with Crippen LogP contribution in [-0.2, 0) is 24.3 Å². The maximum absolute atomic E-state index is 9.25. The third-order valence-electron chi connectivity index (χ3n) is 0.341. The minimum Gasteiger partial charge on any atom is -0.478 e. The maximum atomic E-state index is 9.25. The molecule has 5 heteroatoms. The number of hydrogen-bond acceptors (Lipinski definition) is 3. The number of carboxylic acids is 1. The van der Waals surface area contributed by atoms with Crippen LogP contribution in [-0.4, -0.2) is 24.2 Å². The van der Waals surface area contributed by atoms with Gasteiger partial charge in [0.25, 0.3) is 0 Å². The summed E-state index contributed by atoms with van der Waals surface area (Å²) in [5.74, 6) is -0.981. The number of carbonyl (C=O) groups is 1. The third kappa shape index (κ3) is 46.6. The molecule has 0 unspecified atom stereocenters. The van der Waals surface area contributed by atoms with Gasteiger partial charge in [0.15, 0.2) is 0 Å². The van der Waals surface area contributed by atoms with E-state index in [-0.39, 0.29) is 19.5 Å². The van der Waals surface area contributed by atoms with Gasteiger partial charge in [0.1, 0.15) is 0 Å². The zero-order valence-corrected chi connectivity index (χ0v) is 8.88. The van der Waals surface area contributed by atoms with E-state index < -0.39 is 5.97 Å². The summed E-state index contributed by atoms with van der Waals surface area (Å²) in [6.45, 7) is 4.16. The van der Waals surface area contributed by atoms with Crippen LogP contribution in [0.4, 0.5) is 0 Å². The summed E-state index contributed by atoms with van der Waals surface area (Å²) in [6, 6.07) is 0. The van der Waals surface area contributed by atoms with Gasteiger partial charge in [-0.25, -0.2) is 4.79 Å². The molecule has 0 aliphatic heterocycles. The summed E-state index contributed by atoms with van der Waals surface area (Å²) in [7, 11) is 0. The van der Waals surface area contributed by atoms with E-state index in [0.29, 0.717) is 13.1 Å². The molecule has 4 nitrogen and oxygen atoms in total. The molecule has 0 aliphatic carbocycles. The van der Waals surface area contributed by atoms with E-state index in [1.54, 1.807) is 0 Å². The van der Waals surface area contributed by atoms with Crippen molar-refractivity contribution in [2.45, 2.75) is 0 Å². The van der Waals surface area contributed by atoms with Crippen molar-refractivity contribution in [1.29, 1.82) is 0 Å². The van der Waals surface area contributed by atoms with Gasteiger partial charge in [-0.3, -0.25) is 0 Å². The molecule has 0 aromatic heterocycles. The zero-order valence-electron chi connectivity index (χ0n) is 5.92. The molecule has 0 saturated carbocycles. The van der Waals surface area contributed by atoms with Crippen molar-refractivity contribution in [3.63, 3.8) is 0 Å². The van der Waals surface area contributed by atoms with Crippen molar-refractivity contribution in [3.05, 3.63) is 12.7 Å². The second kappa shape index (κ2) is 15.9. The molecule has 0 aliphatic rings. The van der Waals surface area contributed by atoms with Crippen molar-refractivity contribution in [2.75, 3.05) is 13.1 Å². The summed E-state index contributed by atoms with van der Waals surface area (Å²) >= 11 is 0. The molecular weight excluding hydrogens is 185 g/mol. The Kier molecular flexibility index (Phi) is 26.0. The van der Waals surface area contributed by atoms with Crippen molar-refractivity contribution in [1.82, 2.24) is 0 Å². The maximum Gasteiger partial charge on any atom is 0.327 e. The number of rotatable bonds is 2. The Morgan fingerprint density at radius 3 is 1.70 bits per heavy atom. The van der Waals surface area contributed by atoms with Gasteiger partial charge in [0, 0.05) is 38.6 Å².